The Kier molecular flexibility index (Phi) is 8.04. The standard InChI is InChI=1S/C26H26N2O7/c1-15-21(23(29)27-19(25(31)32)13-17-9-5-3-6-10-17)22(16(2)35-15)24(30)28-20(26(33)34)14-18-11-7-4-8-12-18/h3-12,19-20H,13-14H2,1-2H3,(H,27,29)(H,28,30)(H,31,32)(H,33,34)/p-2. The Morgan fingerprint density at radius 3 is 1.34 bits per heavy atom. The fourth-order valence-corrected chi connectivity index (χ4v) is 3.78. The number of hydrogen-bond donors (Lipinski definition) is 2. The van der Waals surface area contributed by atoms with Gasteiger partial charge < -0.3 is 34.9 Å². The molecule has 182 valence electrons. The number of carboxylic acid groups (broad SMARTS) is 2. The molecular weight excluding hydrogens is 452 g/mol. The van der Waals surface area contributed by atoms with E-state index in [4.69, 9.17) is 4.42 Å². The van der Waals surface area contributed by atoms with Crippen molar-refractivity contribution in [3.63, 3.8) is 0 Å². The molecule has 0 spiro atoms. The second-order valence-corrected chi connectivity index (χ2v) is 8.03. The topological polar surface area (TPSA) is 152 Å². The van der Waals surface area contributed by atoms with Crippen molar-refractivity contribution in [1.82, 2.24) is 10.6 Å². The molecule has 2 N–H and O–H groups in total. The number of aryl methyl sites for hydroxylation is 2. The van der Waals surface area contributed by atoms with Crippen LogP contribution in [0.3, 0.4) is 0 Å². The van der Waals surface area contributed by atoms with Crippen molar-refractivity contribution in [1.29, 1.82) is 0 Å². The third-order valence-corrected chi connectivity index (χ3v) is 5.46. The van der Waals surface area contributed by atoms with Gasteiger partial charge in [0.2, 0.25) is 0 Å². The highest BCUT2D eigenvalue weighted by atomic mass is 16.4. The van der Waals surface area contributed by atoms with Crippen molar-refractivity contribution in [2.45, 2.75) is 38.8 Å². The highest BCUT2D eigenvalue weighted by Crippen LogP contribution is 2.22. The smallest absolute Gasteiger partial charge is 0.256 e. The summed E-state index contributed by atoms with van der Waals surface area (Å²) in [6, 6.07) is 14.6. The molecular formula is C26H24N2O7-2. The number of amides is 2. The average Bonchev–Trinajstić information content (AvgIpc) is 3.13. The van der Waals surface area contributed by atoms with E-state index in [9.17, 15) is 29.4 Å². The molecule has 2 amide bonds. The third kappa shape index (κ3) is 6.35. The van der Waals surface area contributed by atoms with Crippen LogP contribution in [0, 0.1) is 13.8 Å². The quantitative estimate of drug-likeness (QED) is 0.420. The van der Waals surface area contributed by atoms with Gasteiger partial charge in [0.1, 0.15) is 11.5 Å². The Hall–Kier alpha value is -4.40. The first-order valence-corrected chi connectivity index (χ1v) is 10.9. The first-order chi connectivity index (χ1) is 16.7. The lowest BCUT2D eigenvalue weighted by atomic mass is 10.0. The van der Waals surface area contributed by atoms with E-state index in [-0.39, 0.29) is 35.5 Å². The lowest BCUT2D eigenvalue weighted by molar-refractivity contribution is -0.309. The van der Waals surface area contributed by atoms with Gasteiger partial charge in [0, 0.05) is 0 Å². The number of carbonyl (C=O) groups is 4. The Morgan fingerprint density at radius 2 is 1.03 bits per heavy atom. The molecule has 0 saturated carbocycles. The molecule has 0 saturated heterocycles. The number of benzene rings is 2. The molecule has 3 aromatic rings. The van der Waals surface area contributed by atoms with Crippen LogP contribution in [0.4, 0.5) is 0 Å². The molecule has 35 heavy (non-hydrogen) atoms. The minimum Gasteiger partial charge on any atom is -0.548 e. The molecule has 2 unspecified atom stereocenters. The van der Waals surface area contributed by atoms with Crippen LogP contribution >= 0.6 is 0 Å². The molecule has 0 radical (unpaired) electrons. The summed E-state index contributed by atoms with van der Waals surface area (Å²) in [5.41, 5.74) is 0.961. The van der Waals surface area contributed by atoms with Crippen LogP contribution in [-0.2, 0) is 22.4 Å². The van der Waals surface area contributed by atoms with E-state index in [1.165, 1.54) is 13.8 Å². The number of furan rings is 1. The monoisotopic (exact) mass is 476 g/mol. The van der Waals surface area contributed by atoms with E-state index in [1.54, 1.807) is 60.7 Å². The predicted molar refractivity (Wildman–Crippen MR) is 121 cm³/mol. The number of carbonyl (C=O) groups excluding carboxylic acids is 4. The summed E-state index contributed by atoms with van der Waals surface area (Å²) in [4.78, 5) is 49.4. The van der Waals surface area contributed by atoms with E-state index in [2.05, 4.69) is 10.6 Å². The highest BCUT2D eigenvalue weighted by molar-refractivity contribution is 6.09. The van der Waals surface area contributed by atoms with Crippen LogP contribution in [0.5, 0.6) is 0 Å². The van der Waals surface area contributed by atoms with Crippen molar-refractivity contribution in [3.05, 3.63) is 94.4 Å². The molecule has 0 fully saturated rings. The second-order valence-electron chi connectivity index (χ2n) is 8.03. The summed E-state index contributed by atoms with van der Waals surface area (Å²) < 4.78 is 5.46. The van der Waals surface area contributed by atoms with Gasteiger partial charge in [-0.15, -0.1) is 0 Å². The average molecular weight is 476 g/mol. The van der Waals surface area contributed by atoms with Gasteiger partial charge in [0.05, 0.1) is 35.1 Å². The molecule has 0 bridgehead atoms. The molecule has 0 aliphatic rings. The maximum absolute atomic E-state index is 13.0. The van der Waals surface area contributed by atoms with Gasteiger partial charge in [-0.2, -0.15) is 0 Å². The zero-order valence-corrected chi connectivity index (χ0v) is 19.2. The first-order valence-electron chi connectivity index (χ1n) is 10.9. The molecule has 9 nitrogen and oxygen atoms in total. The number of rotatable bonds is 10. The maximum Gasteiger partial charge on any atom is 0.256 e. The minimum absolute atomic E-state index is 0.0316. The van der Waals surface area contributed by atoms with Gasteiger partial charge in [0.15, 0.2) is 0 Å². The fraction of sp³-hybridized carbons (Fsp3) is 0.231. The minimum atomic E-state index is -1.49. The van der Waals surface area contributed by atoms with E-state index in [0.29, 0.717) is 11.1 Å². The summed E-state index contributed by atoms with van der Waals surface area (Å²) >= 11 is 0. The molecule has 1 aromatic heterocycles. The van der Waals surface area contributed by atoms with Crippen molar-refractivity contribution < 1.29 is 33.8 Å². The largest absolute Gasteiger partial charge is 0.548 e. The number of hydrogen-bond acceptors (Lipinski definition) is 7. The highest BCUT2D eigenvalue weighted by Gasteiger charge is 2.29. The molecule has 0 aliphatic heterocycles. The van der Waals surface area contributed by atoms with Gasteiger partial charge in [-0.25, -0.2) is 0 Å². The van der Waals surface area contributed by atoms with Crippen molar-refractivity contribution >= 4 is 23.8 Å². The molecule has 2 aromatic carbocycles. The van der Waals surface area contributed by atoms with Crippen LogP contribution in [-0.4, -0.2) is 35.8 Å². The Labute approximate surface area is 201 Å². The third-order valence-electron chi connectivity index (χ3n) is 5.46. The van der Waals surface area contributed by atoms with E-state index in [0.717, 1.165) is 0 Å². The number of nitrogens with one attached hydrogen (secondary N) is 2. The molecule has 9 heteroatoms. The zero-order valence-electron chi connectivity index (χ0n) is 19.2. The molecule has 3 rings (SSSR count). The van der Waals surface area contributed by atoms with Crippen LogP contribution < -0.4 is 20.8 Å². The predicted octanol–water partition coefficient (Wildman–Crippen LogP) is 0.0784. The van der Waals surface area contributed by atoms with Gasteiger partial charge in [0.25, 0.3) is 11.8 Å². The molecule has 2 atom stereocenters. The van der Waals surface area contributed by atoms with Crippen molar-refractivity contribution in [2.24, 2.45) is 0 Å². The summed E-state index contributed by atoms with van der Waals surface area (Å²) in [5.74, 6) is -4.55. The second kappa shape index (κ2) is 11.1. The summed E-state index contributed by atoms with van der Waals surface area (Å²) in [6.45, 7) is 2.90. The van der Waals surface area contributed by atoms with Gasteiger partial charge in [-0.1, -0.05) is 60.7 Å². The first kappa shape index (κ1) is 25.2. The van der Waals surface area contributed by atoms with Gasteiger partial charge in [-0.05, 0) is 37.8 Å². The lowest BCUT2D eigenvalue weighted by Gasteiger charge is -2.21. The normalized spacial score (nSPS) is 12.4. The van der Waals surface area contributed by atoms with E-state index in [1.807, 2.05) is 0 Å². The number of aliphatic carboxylic acids is 2. The van der Waals surface area contributed by atoms with Gasteiger partial charge in [-0.3, -0.25) is 9.59 Å². The van der Waals surface area contributed by atoms with E-state index < -0.39 is 35.8 Å². The van der Waals surface area contributed by atoms with Crippen LogP contribution in [0.2, 0.25) is 0 Å². The van der Waals surface area contributed by atoms with Crippen molar-refractivity contribution in [2.75, 3.05) is 0 Å². The van der Waals surface area contributed by atoms with Gasteiger partial charge >= 0.3 is 0 Å². The fourth-order valence-electron chi connectivity index (χ4n) is 3.78. The summed E-state index contributed by atoms with van der Waals surface area (Å²) in [7, 11) is 0. The van der Waals surface area contributed by atoms with E-state index >= 15 is 0 Å². The Balaban J connectivity index is 1.82. The van der Waals surface area contributed by atoms with Crippen LogP contribution in [0.25, 0.3) is 0 Å². The van der Waals surface area contributed by atoms with Crippen LogP contribution in [0.1, 0.15) is 43.4 Å². The zero-order chi connectivity index (χ0) is 25.5. The van der Waals surface area contributed by atoms with Crippen molar-refractivity contribution in [3.8, 4) is 0 Å². The Bertz CT molecular complexity index is 1130. The summed E-state index contributed by atoms with van der Waals surface area (Å²) in [5, 5.41) is 28.1. The SMILES string of the molecule is Cc1oc(C)c(C(=O)NC(Cc2ccccc2)C(=O)[O-])c1C(=O)NC(Cc1ccccc1)C(=O)[O-]. The van der Waals surface area contributed by atoms with Crippen LogP contribution in [0.15, 0.2) is 65.1 Å². The Morgan fingerprint density at radius 1 is 0.686 bits per heavy atom. The number of carboxylic acids is 2. The molecule has 1 heterocycles. The molecule has 0 aliphatic carbocycles. The maximum atomic E-state index is 13.0. The summed E-state index contributed by atoms with van der Waals surface area (Å²) in [6.07, 6.45) is -0.0632. The lowest BCUT2D eigenvalue weighted by Crippen LogP contribution is -2.50.